The summed E-state index contributed by atoms with van der Waals surface area (Å²) in [5.41, 5.74) is 8.31. The van der Waals surface area contributed by atoms with Crippen LogP contribution in [0.15, 0.2) is 97.6 Å². The number of halogens is 1. The summed E-state index contributed by atoms with van der Waals surface area (Å²) in [7, 11) is 0. The standard InChI is InChI=1S/C32H23FN6O/c1-19-9-21(11-24(33)10-19)26-7-8-35-31-27(26)14-29(37-31)30-28-13-23(16-36-32(28)39-38-30)22-12-25(17-34-15-22)40-18-20-5-3-2-4-6-20/h2-17H,18H2,1H3,(H,35,37)(H,36,38,39). The van der Waals surface area contributed by atoms with Gasteiger partial charge in [0.15, 0.2) is 5.65 Å². The molecule has 5 heterocycles. The van der Waals surface area contributed by atoms with E-state index in [0.717, 1.165) is 55.5 Å². The lowest BCUT2D eigenvalue weighted by Crippen LogP contribution is -1.96. The van der Waals surface area contributed by atoms with Crippen LogP contribution in [-0.2, 0) is 6.61 Å². The Hall–Kier alpha value is -5.37. The monoisotopic (exact) mass is 526 g/mol. The largest absolute Gasteiger partial charge is 0.487 e. The maximum absolute atomic E-state index is 14.2. The Bertz CT molecular complexity index is 1980. The van der Waals surface area contributed by atoms with Crippen LogP contribution in [0.3, 0.4) is 0 Å². The summed E-state index contributed by atoms with van der Waals surface area (Å²) in [6, 6.07) is 23.0. The summed E-state index contributed by atoms with van der Waals surface area (Å²) in [5.74, 6) is 0.411. The first-order valence-corrected chi connectivity index (χ1v) is 12.8. The maximum atomic E-state index is 14.2. The van der Waals surface area contributed by atoms with Crippen LogP contribution in [0.2, 0.25) is 0 Å². The number of hydrogen-bond acceptors (Lipinski definition) is 5. The molecule has 7 aromatic rings. The lowest BCUT2D eigenvalue weighted by Gasteiger charge is -2.08. The normalized spacial score (nSPS) is 11.3. The summed E-state index contributed by atoms with van der Waals surface area (Å²) in [6.07, 6.45) is 7.00. The van der Waals surface area contributed by atoms with E-state index in [1.54, 1.807) is 30.9 Å². The molecule has 194 valence electrons. The van der Waals surface area contributed by atoms with E-state index in [1.165, 1.54) is 6.07 Å². The fraction of sp³-hybridized carbons (Fsp3) is 0.0625. The number of rotatable bonds is 6. The first-order chi connectivity index (χ1) is 19.6. The number of nitrogens with zero attached hydrogens (tertiary/aromatic N) is 4. The van der Waals surface area contributed by atoms with Gasteiger partial charge in [-0.2, -0.15) is 5.10 Å². The fourth-order valence-electron chi connectivity index (χ4n) is 4.96. The number of aromatic amines is 2. The molecule has 0 fully saturated rings. The summed E-state index contributed by atoms with van der Waals surface area (Å²) in [4.78, 5) is 16.9. The first-order valence-electron chi connectivity index (χ1n) is 12.8. The van der Waals surface area contributed by atoms with Gasteiger partial charge in [-0.05, 0) is 65.6 Å². The van der Waals surface area contributed by atoms with E-state index >= 15 is 0 Å². The van der Waals surface area contributed by atoms with Gasteiger partial charge in [0.1, 0.15) is 23.8 Å². The van der Waals surface area contributed by atoms with E-state index in [1.807, 2.05) is 67.6 Å². The number of benzene rings is 2. The summed E-state index contributed by atoms with van der Waals surface area (Å²) in [6.45, 7) is 2.34. The molecule has 0 saturated carbocycles. The molecule has 7 rings (SSSR count). The number of ether oxygens (including phenoxy) is 1. The highest BCUT2D eigenvalue weighted by atomic mass is 19.1. The first kappa shape index (κ1) is 23.7. The number of fused-ring (bicyclic) bond motifs is 2. The highest BCUT2D eigenvalue weighted by molar-refractivity contribution is 5.99. The minimum Gasteiger partial charge on any atom is -0.487 e. The molecule has 2 N–H and O–H groups in total. The third kappa shape index (κ3) is 4.45. The van der Waals surface area contributed by atoms with Gasteiger partial charge in [0, 0.05) is 40.5 Å². The van der Waals surface area contributed by atoms with Gasteiger partial charge in [0.2, 0.25) is 0 Å². The molecule has 0 bridgehead atoms. The second kappa shape index (κ2) is 9.74. The predicted octanol–water partition coefficient (Wildman–Crippen LogP) is 7.26. The van der Waals surface area contributed by atoms with Crippen LogP contribution in [0.5, 0.6) is 5.75 Å². The zero-order valence-corrected chi connectivity index (χ0v) is 21.5. The molecule has 0 amide bonds. The molecule has 5 aromatic heterocycles. The van der Waals surface area contributed by atoms with E-state index in [0.29, 0.717) is 23.7 Å². The molecular weight excluding hydrogens is 503 g/mol. The summed E-state index contributed by atoms with van der Waals surface area (Å²) < 4.78 is 20.2. The Balaban J connectivity index is 1.25. The number of H-pyrrole nitrogens is 2. The third-order valence-corrected chi connectivity index (χ3v) is 6.86. The van der Waals surface area contributed by atoms with Gasteiger partial charge in [-0.3, -0.25) is 10.1 Å². The Morgan fingerprint density at radius 3 is 2.58 bits per heavy atom. The van der Waals surface area contributed by atoms with Crippen molar-refractivity contribution >= 4 is 22.1 Å². The zero-order chi connectivity index (χ0) is 27.1. The number of pyridine rings is 3. The molecule has 8 heteroatoms. The number of aromatic nitrogens is 6. The molecule has 40 heavy (non-hydrogen) atoms. The molecule has 7 nitrogen and oxygen atoms in total. The Morgan fingerprint density at radius 2 is 1.70 bits per heavy atom. The van der Waals surface area contributed by atoms with Gasteiger partial charge in [-0.15, -0.1) is 0 Å². The van der Waals surface area contributed by atoms with Crippen molar-refractivity contribution in [1.29, 1.82) is 0 Å². The molecule has 0 aliphatic heterocycles. The van der Waals surface area contributed by atoms with E-state index in [-0.39, 0.29) is 5.82 Å². The van der Waals surface area contributed by atoms with Crippen molar-refractivity contribution in [3.8, 4) is 39.4 Å². The van der Waals surface area contributed by atoms with Gasteiger partial charge in [-0.1, -0.05) is 36.4 Å². The predicted molar refractivity (Wildman–Crippen MR) is 153 cm³/mol. The van der Waals surface area contributed by atoms with E-state index < -0.39 is 0 Å². The highest BCUT2D eigenvalue weighted by Gasteiger charge is 2.16. The van der Waals surface area contributed by atoms with E-state index in [4.69, 9.17) is 4.74 Å². The molecule has 0 atom stereocenters. The number of nitrogens with one attached hydrogen (secondary N) is 2. The van der Waals surface area contributed by atoms with Gasteiger partial charge < -0.3 is 9.72 Å². The van der Waals surface area contributed by atoms with E-state index in [9.17, 15) is 4.39 Å². The lowest BCUT2D eigenvalue weighted by atomic mass is 10.0. The maximum Gasteiger partial charge on any atom is 0.181 e. The summed E-state index contributed by atoms with van der Waals surface area (Å²) >= 11 is 0. The van der Waals surface area contributed by atoms with Crippen LogP contribution in [-0.4, -0.2) is 30.1 Å². The molecular formula is C32H23FN6O. The molecule has 0 radical (unpaired) electrons. The quantitative estimate of drug-likeness (QED) is 0.238. The van der Waals surface area contributed by atoms with E-state index in [2.05, 4.69) is 30.1 Å². The van der Waals surface area contributed by atoms with Crippen molar-refractivity contribution in [2.45, 2.75) is 13.5 Å². The second-order valence-corrected chi connectivity index (χ2v) is 9.70. The van der Waals surface area contributed by atoms with Crippen LogP contribution >= 0.6 is 0 Å². The smallest absolute Gasteiger partial charge is 0.181 e. The Kier molecular flexibility index (Phi) is 5.78. The van der Waals surface area contributed by atoms with Crippen molar-refractivity contribution in [1.82, 2.24) is 30.1 Å². The summed E-state index contributed by atoms with van der Waals surface area (Å²) in [5, 5.41) is 9.28. The molecule has 2 aromatic carbocycles. The molecule has 0 saturated heterocycles. The van der Waals surface area contributed by atoms with Gasteiger partial charge in [0.05, 0.1) is 17.6 Å². The lowest BCUT2D eigenvalue weighted by molar-refractivity contribution is 0.305. The van der Waals surface area contributed by atoms with Gasteiger partial charge in [-0.25, -0.2) is 14.4 Å². The van der Waals surface area contributed by atoms with Crippen molar-refractivity contribution in [3.05, 3.63) is 115 Å². The van der Waals surface area contributed by atoms with Crippen LogP contribution in [0.4, 0.5) is 4.39 Å². The fourth-order valence-corrected chi connectivity index (χ4v) is 4.96. The van der Waals surface area contributed by atoms with Crippen LogP contribution in [0.1, 0.15) is 11.1 Å². The van der Waals surface area contributed by atoms with Crippen LogP contribution in [0, 0.1) is 12.7 Å². The van der Waals surface area contributed by atoms with Crippen LogP contribution < -0.4 is 4.74 Å². The Morgan fingerprint density at radius 1 is 0.825 bits per heavy atom. The minimum absolute atomic E-state index is 0.266. The highest BCUT2D eigenvalue weighted by Crippen LogP contribution is 2.34. The van der Waals surface area contributed by atoms with Crippen molar-refractivity contribution < 1.29 is 9.13 Å². The molecule has 0 spiro atoms. The number of aryl methyl sites for hydroxylation is 1. The van der Waals surface area contributed by atoms with Crippen molar-refractivity contribution in [2.24, 2.45) is 0 Å². The SMILES string of the molecule is Cc1cc(F)cc(-c2ccnc3[nH]c(-c4[nH]nc5ncc(-c6cncc(OCc7ccccc7)c6)cc45)cc23)c1. The molecule has 0 aliphatic carbocycles. The Labute approximate surface area is 228 Å². The molecule has 0 aliphatic rings. The van der Waals surface area contributed by atoms with Crippen molar-refractivity contribution in [3.63, 3.8) is 0 Å². The zero-order valence-electron chi connectivity index (χ0n) is 21.5. The van der Waals surface area contributed by atoms with Crippen LogP contribution in [0.25, 0.3) is 55.7 Å². The number of hydrogen-bond donors (Lipinski definition) is 2. The second-order valence-electron chi connectivity index (χ2n) is 9.70. The van der Waals surface area contributed by atoms with Crippen molar-refractivity contribution in [2.75, 3.05) is 0 Å². The van der Waals surface area contributed by atoms with Gasteiger partial charge in [0.25, 0.3) is 0 Å². The minimum atomic E-state index is -0.266. The third-order valence-electron chi connectivity index (χ3n) is 6.86. The average Bonchev–Trinajstić information content (AvgIpc) is 3.60. The topological polar surface area (TPSA) is 92.4 Å². The molecule has 0 unspecified atom stereocenters. The van der Waals surface area contributed by atoms with Gasteiger partial charge >= 0.3 is 0 Å². The average molecular weight is 527 g/mol.